The van der Waals surface area contributed by atoms with Crippen molar-refractivity contribution in [2.24, 2.45) is 0 Å². The van der Waals surface area contributed by atoms with Gasteiger partial charge in [-0.15, -0.1) is 16.4 Å². The van der Waals surface area contributed by atoms with Gasteiger partial charge in [-0.05, 0) is 35.4 Å². The second-order valence-corrected chi connectivity index (χ2v) is 13.5. The van der Waals surface area contributed by atoms with Crippen LogP contribution in [0.1, 0.15) is 0 Å². The molecule has 244 valence electrons. The van der Waals surface area contributed by atoms with Crippen LogP contribution in [0.4, 0.5) is 0 Å². The van der Waals surface area contributed by atoms with E-state index in [0.29, 0.717) is 17.2 Å². The van der Waals surface area contributed by atoms with Gasteiger partial charge in [-0.25, -0.2) is 15.0 Å². The van der Waals surface area contributed by atoms with Gasteiger partial charge in [0, 0.05) is 38.2 Å². The number of rotatable bonds is 5. The number of furan rings is 1. The predicted molar refractivity (Wildman–Crippen MR) is 230 cm³/mol. The van der Waals surface area contributed by atoms with E-state index in [2.05, 4.69) is 89.5 Å². The number of nitrogens with zero attached hydrogens (tertiary/aromatic N) is 4. The number of hydrogen-bond acceptors (Lipinski definition) is 4. The van der Waals surface area contributed by atoms with Crippen molar-refractivity contribution in [1.82, 2.24) is 19.5 Å². The molecule has 3 aromatic heterocycles. The van der Waals surface area contributed by atoms with Crippen LogP contribution in [0.15, 0.2) is 144 Å². The first-order valence-corrected chi connectivity index (χ1v) is 17.7. The lowest BCUT2D eigenvalue weighted by Crippen LogP contribution is -2.55. The maximum Gasteiger partial charge on any atom is 0.164 e. The Morgan fingerprint density at radius 1 is 0.436 bits per heavy atom. The molecule has 0 N–H and O–H groups in total. The van der Waals surface area contributed by atoms with Gasteiger partial charge >= 0.3 is 0 Å². The molecule has 10 rings (SSSR count). The zero-order valence-corrected chi connectivity index (χ0v) is 29.4. The summed E-state index contributed by atoms with van der Waals surface area (Å²) in [5.74, 6) is 1.01. The SMILES string of the molecule is [B]c1c([B])c([B])c(-c2nc(-c3ccccc3)nc(-c3cccc4oc5c(-n6c7ccccc7c7ccc(-c8ccccc8)cc76)cccc5c34)n2)c([B])c1[B]. The van der Waals surface area contributed by atoms with Gasteiger partial charge in [-0.1, -0.05) is 126 Å². The molecule has 0 aliphatic carbocycles. The highest BCUT2D eigenvalue weighted by Gasteiger charge is 2.23. The van der Waals surface area contributed by atoms with Crippen LogP contribution < -0.4 is 27.3 Å². The summed E-state index contributed by atoms with van der Waals surface area (Å²) in [6.45, 7) is 0. The summed E-state index contributed by atoms with van der Waals surface area (Å²) in [6.07, 6.45) is 0. The monoisotopic (exact) mass is 690 g/mol. The molecule has 3 heterocycles. The Morgan fingerprint density at radius 3 is 1.80 bits per heavy atom. The molecule has 7 aromatic carbocycles. The standard InChI is InChI=1S/C45H23B5N4O/c46-37-36(38(47)40(49)41(50)39(37)48)45-52-43(25-13-5-2-6-14-25)51-44(53-45)30-17-10-20-34-35(30)29-16-9-19-32(42(29)55-34)54-31-18-8-7-15-27(31)28-22-21-26(23-33(28)54)24-11-3-1-4-12-24/h1-23H. The quantitative estimate of drug-likeness (QED) is 0.224. The van der Waals surface area contributed by atoms with Crippen LogP contribution >= 0.6 is 0 Å². The number of para-hydroxylation sites is 2. The van der Waals surface area contributed by atoms with E-state index in [-0.39, 0.29) is 38.7 Å². The molecule has 0 saturated heterocycles. The van der Waals surface area contributed by atoms with Gasteiger partial charge in [-0.3, -0.25) is 0 Å². The average molecular weight is 690 g/mol. The first kappa shape index (κ1) is 33.1. The maximum absolute atomic E-state index is 6.82. The van der Waals surface area contributed by atoms with Crippen LogP contribution in [0.2, 0.25) is 0 Å². The summed E-state index contributed by atoms with van der Waals surface area (Å²) >= 11 is 0. The third-order valence-corrected chi connectivity index (χ3v) is 10.4. The van der Waals surface area contributed by atoms with E-state index in [0.717, 1.165) is 66.1 Å². The van der Waals surface area contributed by atoms with Gasteiger partial charge in [0.15, 0.2) is 23.1 Å². The summed E-state index contributed by atoms with van der Waals surface area (Å²) in [5, 5.41) is 4.05. The predicted octanol–water partition coefficient (Wildman–Crippen LogP) is 5.51. The highest BCUT2D eigenvalue weighted by molar-refractivity contribution is 6.68. The van der Waals surface area contributed by atoms with E-state index in [1.54, 1.807) is 0 Å². The Hall–Kier alpha value is -6.53. The minimum atomic E-state index is 0.112. The summed E-state index contributed by atoms with van der Waals surface area (Å²) in [6, 6.07) is 47.2. The van der Waals surface area contributed by atoms with Crippen LogP contribution in [0, 0.1) is 0 Å². The highest BCUT2D eigenvalue weighted by atomic mass is 16.3. The fourth-order valence-electron chi connectivity index (χ4n) is 7.65. The molecule has 0 spiro atoms. The largest absolute Gasteiger partial charge is 0.454 e. The molecular weight excluding hydrogens is 667 g/mol. The van der Waals surface area contributed by atoms with Crippen molar-refractivity contribution in [3.8, 4) is 51.0 Å². The summed E-state index contributed by atoms with van der Waals surface area (Å²) in [5.41, 5.74) is 9.13. The Labute approximate surface area is 323 Å². The molecular formula is C45H23B5N4O. The molecule has 0 aliphatic rings. The molecule has 0 amide bonds. The number of benzene rings is 7. The normalized spacial score (nSPS) is 11.6. The highest BCUT2D eigenvalue weighted by Crippen LogP contribution is 2.41. The van der Waals surface area contributed by atoms with Gasteiger partial charge in [0.05, 0.1) is 16.7 Å². The van der Waals surface area contributed by atoms with Gasteiger partial charge in [-0.2, -0.15) is 0 Å². The molecule has 10 heteroatoms. The van der Waals surface area contributed by atoms with Crippen LogP contribution in [-0.4, -0.2) is 58.8 Å². The Bertz CT molecular complexity index is 3130. The second-order valence-electron chi connectivity index (χ2n) is 13.5. The van der Waals surface area contributed by atoms with Crippen LogP contribution in [0.5, 0.6) is 0 Å². The van der Waals surface area contributed by atoms with E-state index in [1.807, 2.05) is 54.6 Å². The summed E-state index contributed by atoms with van der Waals surface area (Å²) in [7, 11) is 31.8. The molecule has 0 fully saturated rings. The lowest BCUT2D eigenvalue weighted by Gasteiger charge is -2.20. The van der Waals surface area contributed by atoms with Crippen molar-refractivity contribution in [3.05, 3.63) is 140 Å². The molecule has 0 atom stereocenters. The third-order valence-electron chi connectivity index (χ3n) is 10.4. The molecule has 0 saturated carbocycles. The molecule has 10 radical (unpaired) electrons. The first-order valence-electron chi connectivity index (χ1n) is 17.7. The second kappa shape index (κ2) is 12.8. The third kappa shape index (κ3) is 5.19. The van der Waals surface area contributed by atoms with Crippen molar-refractivity contribution in [2.75, 3.05) is 0 Å². The molecule has 0 bridgehead atoms. The summed E-state index contributed by atoms with van der Waals surface area (Å²) in [4.78, 5) is 14.8. The van der Waals surface area contributed by atoms with E-state index < -0.39 is 0 Å². The molecule has 55 heavy (non-hydrogen) atoms. The van der Waals surface area contributed by atoms with Crippen LogP contribution in [-0.2, 0) is 0 Å². The fraction of sp³-hybridized carbons (Fsp3) is 0. The Balaban J connectivity index is 1.24. The van der Waals surface area contributed by atoms with Gasteiger partial charge in [0.2, 0.25) is 0 Å². The van der Waals surface area contributed by atoms with Crippen molar-refractivity contribution < 1.29 is 4.42 Å². The van der Waals surface area contributed by atoms with Gasteiger partial charge in [0.25, 0.3) is 0 Å². The minimum absolute atomic E-state index is 0.112. The zero-order chi connectivity index (χ0) is 37.4. The van der Waals surface area contributed by atoms with E-state index in [9.17, 15) is 0 Å². The smallest absolute Gasteiger partial charge is 0.164 e. The van der Waals surface area contributed by atoms with Crippen molar-refractivity contribution in [3.63, 3.8) is 0 Å². The molecule has 5 nitrogen and oxygen atoms in total. The van der Waals surface area contributed by atoms with Crippen molar-refractivity contribution >= 4 is 110 Å². The lowest BCUT2D eigenvalue weighted by molar-refractivity contribution is 0.666. The van der Waals surface area contributed by atoms with Gasteiger partial charge in [0.1, 0.15) is 44.8 Å². The number of hydrogen-bond donors (Lipinski definition) is 0. The number of aromatic nitrogens is 4. The summed E-state index contributed by atoms with van der Waals surface area (Å²) < 4.78 is 9.11. The molecule has 0 unspecified atom stereocenters. The van der Waals surface area contributed by atoms with E-state index in [1.165, 1.54) is 0 Å². The Kier molecular flexibility index (Phi) is 7.70. The zero-order valence-electron chi connectivity index (χ0n) is 29.4. The number of fused-ring (bicyclic) bond motifs is 6. The van der Waals surface area contributed by atoms with Crippen LogP contribution in [0.3, 0.4) is 0 Å². The minimum Gasteiger partial charge on any atom is -0.454 e. The van der Waals surface area contributed by atoms with Crippen LogP contribution in [0.25, 0.3) is 94.7 Å². The fourth-order valence-corrected chi connectivity index (χ4v) is 7.65. The maximum atomic E-state index is 6.82. The van der Waals surface area contributed by atoms with E-state index >= 15 is 0 Å². The average Bonchev–Trinajstić information content (AvgIpc) is 3.78. The molecule has 10 aromatic rings. The van der Waals surface area contributed by atoms with Crippen molar-refractivity contribution in [1.29, 1.82) is 0 Å². The van der Waals surface area contributed by atoms with E-state index in [4.69, 9.17) is 58.6 Å². The van der Waals surface area contributed by atoms with Crippen molar-refractivity contribution in [2.45, 2.75) is 0 Å². The molecule has 0 aliphatic heterocycles. The lowest BCUT2D eigenvalue weighted by atomic mass is 9.60. The van der Waals surface area contributed by atoms with Gasteiger partial charge < -0.3 is 8.98 Å². The first-order chi connectivity index (χ1) is 26.9. The Morgan fingerprint density at radius 2 is 1.04 bits per heavy atom. The topological polar surface area (TPSA) is 56.7 Å².